The molecule has 0 atom stereocenters. The van der Waals surface area contributed by atoms with Gasteiger partial charge in [-0.15, -0.1) is 6.42 Å². The molecule has 5 heteroatoms. The van der Waals surface area contributed by atoms with Crippen LogP contribution in [0, 0.1) is 18.3 Å². The van der Waals surface area contributed by atoms with Gasteiger partial charge in [-0.1, -0.05) is 19.8 Å². The molecule has 0 saturated heterocycles. The average Bonchev–Trinajstić information content (AvgIpc) is 2.42. The second-order valence-electron chi connectivity index (χ2n) is 7.36. The predicted octanol–water partition coefficient (Wildman–Crippen LogP) is 4.47. The third kappa shape index (κ3) is 4.95. The molecule has 0 aliphatic rings. The summed E-state index contributed by atoms with van der Waals surface area (Å²) in [6.07, 6.45) is 6.49. The summed E-state index contributed by atoms with van der Waals surface area (Å²) in [7, 11) is 0. The molecule has 0 saturated carbocycles. The fraction of sp³-hybridized carbons (Fsp3) is 0.579. The van der Waals surface area contributed by atoms with Gasteiger partial charge < -0.3 is 9.64 Å². The van der Waals surface area contributed by atoms with Gasteiger partial charge in [0, 0.05) is 12.2 Å². The van der Waals surface area contributed by atoms with E-state index in [4.69, 9.17) is 11.2 Å². The molecule has 0 fully saturated rings. The van der Waals surface area contributed by atoms with E-state index in [0.717, 1.165) is 5.56 Å². The van der Waals surface area contributed by atoms with Crippen LogP contribution in [-0.4, -0.2) is 27.6 Å². The number of ether oxygens (including phenoxy) is 1. The molecule has 0 aliphatic carbocycles. The number of hydrogen-bond donors (Lipinski definition) is 0. The Balaban J connectivity index is 3.26. The summed E-state index contributed by atoms with van der Waals surface area (Å²) in [5.74, 6) is 1.74. The lowest BCUT2D eigenvalue weighted by molar-refractivity contribution is 0.0171. The molecule has 1 rings (SSSR count). The van der Waals surface area contributed by atoms with Gasteiger partial charge in [0.2, 0.25) is 5.95 Å². The van der Waals surface area contributed by atoms with E-state index in [1.807, 2.05) is 48.5 Å². The van der Waals surface area contributed by atoms with Crippen LogP contribution in [0.3, 0.4) is 0 Å². The van der Waals surface area contributed by atoms with E-state index in [-0.39, 0.29) is 24.1 Å². The minimum Gasteiger partial charge on any atom is -0.444 e. The van der Waals surface area contributed by atoms with Gasteiger partial charge in [0.1, 0.15) is 5.60 Å². The highest BCUT2D eigenvalue weighted by molar-refractivity contribution is 5.68. The Morgan fingerprint density at radius 1 is 1.38 bits per heavy atom. The van der Waals surface area contributed by atoms with E-state index in [2.05, 4.69) is 10.9 Å². The molecule has 1 amide bonds. The Hall–Kier alpha value is -2.09. The number of amides is 1. The first-order chi connectivity index (χ1) is 11.0. The van der Waals surface area contributed by atoms with Gasteiger partial charge in [-0.3, -0.25) is 0 Å². The first kappa shape index (κ1) is 20.0. The second-order valence-corrected chi connectivity index (χ2v) is 7.36. The highest BCUT2D eigenvalue weighted by atomic mass is 19.1. The summed E-state index contributed by atoms with van der Waals surface area (Å²) in [5.41, 5.74) is 1.02. The zero-order chi connectivity index (χ0) is 18.7. The Labute approximate surface area is 144 Å². The fourth-order valence-electron chi connectivity index (χ4n) is 2.43. The Morgan fingerprint density at radius 2 is 1.96 bits per heavy atom. The molecule has 24 heavy (non-hydrogen) atoms. The van der Waals surface area contributed by atoms with Crippen LogP contribution >= 0.6 is 0 Å². The van der Waals surface area contributed by atoms with Crippen molar-refractivity contribution < 1.29 is 13.9 Å². The molecule has 0 aromatic carbocycles. The summed E-state index contributed by atoms with van der Waals surface area (Å²) in [6, 6.07) is -0.0841. The monoisotopic (exact) mass is 334 g/mol. The van der Waals surface area contributed by atoms with Crippen LogP contribution in [0.1, 0.15) is 71.1 Å². The quantitative estimate of drug-likeness (QED) is 0.602. The van der Waals surface area contributed by atoms with Crippen molar-refractivity contribution in [3.8, 4) is 12.3 Å². The summed E-state index contributed by atoms with van der Waals surface area (Å²) < 4.78 is 19.4. The summed E-state index contributed by atoms with van der Waals surface area (Å²) in [5, 5.41) is 0. The maximum Gasteiger partial charge on any atom is 0.410 e. The van der Waals surface area contributed by atoms with Gasteiger partial charge in [-0.25, -0.2) is 9.78 Å². The molecule has 0 N–H and O–H groups in total. The minimum absolute atomic E-state index is 0.0104. The SMILES string of the molecule is C#Cc1c(F)ncc(CN(C(=O)OC(C)(C)C)C(C)C)c1C(C)C. The van der Waals surface area contributed by atoms with Crippen LogP contribution in [0.5, 0.6) is 0 Å². The van der Waals surface area contributed by atoms with Crippen LogP contribution in [0.25, 0.3) is 0 Å². The molecular weight excluding hydrogens is 307 g/mol. The van der Waals surface area contributed by atoms with Crippen molar-refractivity contribution in [2.45, 2.75) is 72.6 Å². The van der Waals surface area contributed by atoms with Crippen molar-refractivity contribution in [2.24, 2.45) is 0 Å². The van der Waals surface area contributed by atoms with Gasteiger partial charge in [-0.05, 0) is 51.7 Å². The number of carbonyl (C=O) groups is 1. The number of terminal acetylenes is 1. The number of rotatable bonds is 4. The first-order valence-corrected chi connectivity index (χ1v) is 8.11. The molecule has 0 radical (unpaired) electrons. The van der Waals surface area contributed by atoms with E-state index in [0.29, 0.717) is 5.56 Å². The van der Waals surface area contributed by atoms with Crippen LogP contribution in [-0.2, 0) is 11.3 Å². The molecule has 1 aromatic rings. The number of carbonyl (C=O) groups excluding carboxylic acids is 1. The lowest BCUT2D eigenvalue weighted by Crippen LogP contribution is -2.40. The van der Waals surface area contributed by atoms with Crippen LogP contribution in [0.4, 0.5) is 9.18 Å². The van der Waals surface area contributed by atoms with Crippen LogP contribution in [0.15, 0.2) is 6.20 Å². The summed E-state index contributed by atoms with van der Waals surface area (Å²) >= 11 is 0. The lowest BCUT2D eigenvalue weighted by atomic mass is 9.93. The molecule has 4 nitrogen and oxygen atoms in total. The maximum atomic E-state index is 13.9. The van der Waals surface area contributed by atoms with Gasteiger partial charge in [0.15, 0.2) is 0 Å². The zero-order valence-corrected chi connectivity index (χ0v) is 15.6. The van der Waals surface area contributed by atoms with Crippen molar-refractivity contribution in [2.75, 3.05) is 0 Å². The highest BCUT2D eigenvalue weighted by Crippen LogP contribution is 2.26. The topological polar surface area (TPSA) is 42.4 Å². The van der Waals surface area contributed by atoms with E-state index < -0.39 is 17.6 Å². The lowest BCUT2D eigenvalue weighted by Gasteiger charge is -2.31. The molecule has 1 heterocycles. The van der Waals surface area contributed by atoms with Crippen molar-refractivity contribution >= 4 is 6.09 Å². The zero-order valence-electron chi connectivity index (χ0n) is 15.6. The van der Waals surface area contributed by atoms with E-state index in [1.165, 1.54) is 6.20 Å². The Kier molecular flexibility index (Phi) is 6.36. The molecular formula is C19H27FN2O2. The van der Waals surface area contributed by atoms with E-state index in [1.54, 1.807) is 4.90 Å². The van der Waals surface area contributed by atoms with Gasteiger partial charge in [-0.2, -0.15) is 4.39 Å². The second kappa shape index (κ2) is 7.65. The van der Waals surface area contributed by atoms with Crippen molar-refractivity contribution in [3.63, 3.8) is 0 Å². The normalized spacial score (nSPS) is 11.5. The molecule has 132 valence electrons. The maximum absolute atomic E-state index is 13.9. The Bertz CT molecular complexity index is 640. The smallest absolute Gasteiger partial charge is 0.410 e. The number of pyridine rings is 1. The Morgan fingerprint density at radius 3 is 2.38 bits per heavy atom. The molecule has 1 aromatic heterocycles. The first-order valence-electron chi connectivity index (χ1n) is 8.11. The van der Waals surface area contributed by atoms with Crippen LogP contribution in [0.2, 0.25) is 0 Å². The number of aromatic nitrogens is 1. The molecule has 0 unspecified atom stereocenters. The molecule has 0 spiro atoms. The van der Waals surface area contributed by atoms with Gasteiger partial charge in [0.05, 0.1) is 12.1 Å². The summed E-state index contributed by atoms with van der Waals surface area (Å²) in [4.78, 5) is 17.8. The van der Waals surface area contributed by atoms with Crippen molar-refractivity contribution in [1.82, 2.24) is 9.88 Å². The number of nitrogens with zero attached hydrogens (tertiary/aromatic N) is 2. The molecule has 0 aliphatic heterocycles. The van der Waals surface area contributed by atoms with E-state index in [9.17, 15) is 9.18 Å². The predicted molar refractivity (Wildman–Crippen MR) is 93.1 cm³/mol. The third-order valence-electron chi connectivity index (χ3n) is 3.47. The standard InChI is InChI=1S/C19H27FN2O2/c1-9-15-16(12(2)3)14(10-21-17(15)20)11-22(13(4)5)18(23)24-19(6,7)8/h1,10,12-13H,11H2,2-8H3. The van der Waals surface area contributed by atoms with Gasteiger partial charge >= 0.3 is 6.09 Å². The highest BCUT2D eigenvalue weighted by Gasteiger charge is 2.26. The van der Waals surface area contributed by atoms with Crippen LogP contribution < -0.4 is 0 Å². The average molecular weight is 334 g/mol. The van der Waals surface area contributed by atoms with Gasteiger partial charge in [0.25, 0.3) is 0 Å². The largest absolute Gasteiger partial charge is 0.444 e. The third-order valence-corrected chi connectivity index (χ3v) is 3.47. The number of halogens is 1. The fourth-order valence-corrected chi connectivity index (χ4v) is 2.43. The summed E-state index contributed by atoms with van der Waals surface area (Å²) in [6.45, 7) is 13.4. The van der Waals surface area contributed by atoms with E-state index >= 15 is 0 Å². The molecule has 0 bridgehead atoms. The van der Waals surface area contributed by atoms with Crippen molar-refractivity contribution in [1.29, 1.82) is 0 Å². The number of hydrogen-bond acceptors (Lipinski definition) is 3. The van der Waals surface area contributed by atoms with Crippen molar-refractivity contribution in [3.05, 3.63) is 28.8 Å². The minimum atomic E-state index is -0.654.